The number of halogens is 1. The molecule has 9 heteroatoms. The van der Waals surface area contributed by atoms with Crippen LogP contribution in [0.5, 0.6) is 0 Å². The summed E-state index contributed by atoms with van der Waals surface area (Å²) in [5, 5.41) is 3.01. The Bertz CT molecular complexity index is 652. The van der Waals surface area contributed by atoms with Gasteiger partial charge in [-0.3, -0.25) is 0 Å². The lowest BCUT2D eigenvalue weighted by Gasteiger charge is -2.16. The Hall–Kier alpha value is -0.650. The van der Waals surface area contributed by atoms with Crippen LogP contribution >= 0.6 is 35.3 Å². The monoisotopic (exact) mass is 486 g/mol. The fourth-order valence-electron chi connectivity index (χ4n) is 1.91. The van der Waals surface area contributed by atoms with E-state index in [2.05, 4.69) is 16.9 Å². The molecular formula is C15H27IN4O2S2. The van der Waals surface area contributed by atoms with Crippen LogP contribution in [0.1, 0.15) is 25.6 Å². The highest BCUT2D eigenvalue weighted by molar-refractivity contribution is 14.0. The van der Waals surface area contributed by atoms with Gasteiger partial charge in [0.2, 0.25) is 0 Å². The van der Waals surface area contributed by atoms with Gasteiger partial charge < -0.3 is 11.1 Å². The predicted molar refractivity (Wildman–Crippen MR) is 113 cm³/mol. The fourth-order valence-corrected chi connectivity index (χ4v) is 4.88. The van der Waals surface area contributed by atoms with Crippen LogP contribution in [0.15, 0.2) is 33.5 Å². The highest BCUT2D eigenvalue weighted by Gasteiger charge is 2.23. The first-order valence-electron chi connectivity index (χ1n) is 7.58. The van der Waals surface area contributed by atoms with Gasteiger partial charge in [-0.2, -0.15) is 4.31 Å². The molecule has 0 aromatic carbocycles. The molecule has 138 valence electrons. The van der Waals surface area contributed by atoms with Crippen LogP contribution in [0.2, 0.25) is 0 Å². The lowest BCUT2D eigenvalue weighted by atomic mass is 10.3. The Morgan fingerprint density at radius 2 is 2.00 bits per heavy atom. The first kappa shape index (κ1) is 23.4. The highest BCUT2D eigenvalue weighted by Crippen LogP contribution is 2.25. The first-order chi connectivity index (χ1) is 10.8. The average Bonchev–Trinajstić information content (AvgIpc) is 2.96. The molecule has 1 rings (SSSR count). The largest absolute Gasteiger partial charge is 0.370 e. The molecule has 24 heavy (non-hydrogen) atoms. The van der Waals surface area contributed by atoms with E-state index in [1.807, 2.05) is 26.8 Å². The Balaban J connectivity index is 0.00000529. The van der Waals surface area contributed by atoms with E-state index in [9.17, 15) is 8.42 Å². The molecule has 0 saturated carbocycles. The number of aliphatic imine (C=N–C) groups is 1. The maximum absolute atomic E-state index is 12.4. The van der Waals surface area contributed by atoms with E-state index in [4.69, 9.17) is 5.73 Å². The van der Waals surface area contributed by atoms with Crippen molar-refractivity contribution in [3.63, 3.8) is 0 Å². The van der Waals surface area contributed by atoms with Gasteiger partial charge in [0.05, 0.1) is 6.54 Å². The third-order valence-corrected chi connectivity index (χ3v) is 6.80. The molecule has 0 radical (unpaired) electrons. The molecule has 1 aromatic heterocycles. The summed E-state index contributed by atoms with van der Waals surface area (Å²) in [6, 6.07) is 3.52. The van der Waals surface area contributed by atoms with Gasteiger partial charge in [-0.25, -0.2) is 13.4 Å². The van der Waals surface area contributed by atoms with Crippen molar-refractivity contribution in [3.8, 4) is 0 Å². The molecule has 0 atom stereocenters. The molecular weight excluding hydrogens is 459 g/mol. The molecule has 0 unspecified atom stereocenters. The van der Waals surface area contributed by atoms with Gasteiger partial charge in [0.25, 0.3) is 10.0 Å². The first-order valence-corrected chi connectivity index (χ1v) is 9.83. The SMILES string of the molecule is C=C(C)CN=C(N)NCCc1ccc(S(=O)(=O)N(CC)CC)s1.I. The summed E-state index contributed by atoms with van der Waals surface area (Å²) in [6.45, 7) is 11.4. The maximum atomic E-state index is 12.4. The minimum absolute atomic E-state index is 0. The Morgan fingerprint density at radius 3 is 2.54 bits per heavy atom. The van der Waals surface area contributed by atoms with Crippen molar-refractivity contribution in [2.24, 2.45) is 10.7 Å². The number of rotatable bonds is 9. The van der Waals surface area contributed by atoms with E-state index < -0.39 is 10.0 Å². The summed E-state index contributed by atoms with van der Waals surface area (Å²) in [7, 11) is -3.37. The van der Waals surface area contributed by atoms with Gasteiger partial charge >= 0.3 is 0 Å². The molecule has 0 aliphatic carbocycles. The second-order valence-electron chi connectivity index (χ2n) is 5.15. The normalized spacial score (nSPS) is 12.1. The zero-order valence-corrected chi connectivity index (χ0v) is 18.4. The lowest BCUT2D eigenvalue weighted by molar-refractivity contribution is 0.447. The van der Waals surface area contributed by atoms with E-state index in [1.54, 1.807) is 6.07 Å². The van der Waals surface area contributed by atoms with Crippen LogP contribution in [0.25, 0.3) is 0 Å². The third kappa shape index (κ3) is 7.08. The van der Waals surface area contributed by atoms with Crippen molar-refractivity contribution < 1.29 is 8.42 Å². The predicted octanol–water partition coefficient (Wildman–Crippen LogP) is 2.42. The molecule has 0 aliphatic heterocycles. The summed E-state index contributed by atoms with van der Waals surface area (Å²) >= 11 is 1.30. The van der Waals surface area contributed by atoms with Crippen molar-refractivity contribution in [1.82, 2.24) is 9.62 Å². The standard InChI is InChI=1S/C15H26N4O2S2.HI/c1-5-19(6-2)23(20,21)14-8-7-13(22-14)9-10-17-15(16)18-11-12(3)4;/h7-8H,3,5-6,9-11H2,1-2,4H3,(H3,16,17,18);1H. The Morgan fingerprint density at radius 1 is 1.38 bits per heavy atom. The van der Waals surface area contributed by atoms with Crippen LogP contribution in [-0.4, -0.2) is 44.9 Å². The molecule has 0 amide bonds. The average molecular weight is 486 g/mol. The van der Waals surface area contributed by atoms with Crippen LogP contribution in [0, 0.1) is 0 Å². The minimum atomic E-state index is -3.37. The van der Waals surface area contributed by atoms with E-state index >= 15 is 0 Å². The fraction of sp³-hybridized carbons (Fsp3) is 0.533. The van der Waals surface area contributed by atoms with Crippen molar-refractivity contribution >= 4 is 51.3 Å². The number of hydrogen-bond donors (Lipinski definition) is 2. The molecule has 0 spiro atoms. The van der Waals surface area contributed by atoms with E-state index in [0.29, 0.717) is 42.8 Å². The minimum Gasteiger partial charge on any atom is -0.370 e. The summed E-state index contributed by atoms with van der Waals surface area (Å²) in [5.74, 6) is 0.376. The quantitative estimate of drug-likeness (QED) is 0.243. The molecule has 1 aromatic rings. The molecule has 3 N–H and O–H groups in total. The summed E-state index contributed by atoms with van der Waals surface area (Å²) in [4.78, 5) is 5.13. The maximum Gasteiger partial charge on any atom is 0.252 e. The van der Waals surface area contributed by atoms with E-state index in [1.165, 1.54) is 15.6 Å². The van der Waals surface area contributed by atoms with E-state index in [0.717, 1.165) is 10.5 Å². The molecule has 0 aliphatic rings. The topological polar surface area (TPSA) is 87.8 Å². The third-order valence-electron chi connectivity index (χ3n) is 3.13. The Labute approximate surface area is 166 Å². The number of hydrogen-bond acceptors (Lipinski definition) is 4. The van der Waals surface area contributed by atoms with Gasteiger partial charge in [-0.05, 0) is 25.5 Å². The van der Waals surface area contributed by atoms with E-state index in [-0.39, 0.29) is 24.0 Å². The molecule has 0 saturated heterocycles. The van der Waals surface area contributed by atoms with Crippen LogP contribution < -0.4 is 11.1 Å². The van der Waals surface area contributed by atoms with Gasteiger partial charge in [-0.15, -0.1) is 35.3 Å². The Kier molecular flexibility index (Phi) is 10.8. The van der Waals surface area contributed by atoms with Gasteiger partial charge in [0.1, 0.15) is 4.21 Å². The molecule has 0 bridgehead atoms. The zero-order chi connectivity index (χ0) is 17.5. The number of nitrogens with zero attached hydrogens (tertiary/aromatic N) is 2. The van der Waals surface area contributed by atoms with Crippen molar-refractivity contribution in [2.75, 3.05) is 26.2 Å². The number of nitrogens with one attached hydrogen (secondary N) is 1. The van der Waals surface area contributed by atoms with Crippen molar-refractivity contribution in [2.45, 2.75) is 31.4 Å². The molecule has 1 heterocycles. The van der Waals surface area contributed by atoms with Crippen LogP contribution in [0.4, 0.5) is 0 Å². The number of nitrogens with two attached hydrogens (primary N) is 1. The number of sulfonamides is 1. The number of guanidine groups is 1. The summed E-state index contributed by atoms with van der Waals surface area (Å²) < 4.78 is 26.7. The highest BCUT2D eigenvalue weighted by atomic mass is 127. The van der Waals surface area contributed by atoms with Gasteiger partial charge in [-0.1, -0.05) is 26.0 Å². The summed E-state index contributed by atoms with van der Waals surface area (Å²) in [6.07, 6.45) is 0.696. The van der Waals surface area contributed by atoms with Crippen molar-refractivity contribution in [1.29, 1.82) is 0 Å². The summed E-state index contributed by atoms with van der Waals surface area (Å²) in [5.41, 5.74) is 6.68. The van der Waals surface area contributed by atoms with Crippen LogP contribution in [-0.2, 0) is 16.4 Å². The number of thiophene rings is 1. The second kappa shape index (κ2) is 11.1. The second-order valence-corrected chi connectivity index (χ2v) is 8.48. The molecule has 6 nitrogen and oxygen atoms in total. The van der Waals surface area contributed by atoms with Gasteiger partial charge in [0.15, 0.2) is 5.96 Å². The molecule has 0 fully saturated rings. The smallest absolute Gasteiger partial charge is 0.252 e. The van der Waals surface area contributed by atoms with Crippen molar-refractivity contribution in [3.05, 3.63) is 29.2 Å². The van der Waals surface area contributed by atoms with Crippen LogP contribution in [0.3, 0.4) is 0 Å². The zero-order valence-electron chi connectivity index (χ0n) is 14.4. The lowest BCUT2D eigenvalue weighted by Crippen LogP contribution is -2.33. The van der Waals surface area contributed by atoms with Gasteiger partial charge in [0, 0.05) is 24.5 Å².